The average Bonchev–Trinajstić information content (AvgIpc) is 2.45. The Hall–Kier alpha value is -2.15. The molecule has 2 atom stereocenters. The number of non-ortho nitro benzene ring substituents is 1. The van der Waals surface area contributed by atoms with E-state index in [2.05, 4.69) is 0 Å². The van der Waals surface area contributed by atoms with Crippen molar-refractivity contribution in [3.63, 3.8) is 0 Å². The Morgan fingerprint density at radius 1 is 1.50 bits per heavy atom. The molecule has 1 fully saturated rings. The highest BCUT2D eigenvalue weighted by molar-refractivity contribution is 5.75. The minimum Gasteiger partial charge on any atom is -0.481 e. The smallest absolute Gasteiger partial charge is 0.309 e. The minimum absolute atomic E-state index is 0.000372. The van der Waals surface area contributed by atoms with Gasteiger partial charge in [0.05, 0.1) is 30.1 Å². The molecule has 0 unspecified atom stereocenters. The van der Waals surface area contributed by atoms with Crippen LogP contribution in [0, 0.1) is 16.0 Å². The fourth-order valence-electron chi connectivity index (χ4n) is 3.01. The Labute approximate surface area is 114 Å². The lowest BCUT2D eigenvalue weighted by atomic mass is 9.85. The highest BCUT2D eigenvalue weighted by atomic mass is 16.6. The third-order valence-electron chi connectivity index (χ3n) is 3.97. The van der Waals surface area contributed by atoms with Crippen LogP contribution in [0.25, 0.3) is 0 Å². The summed E-state index contributed by atoms with van der Waals surface area (Å²) in [5.41, 5.74) is 1.62. The van der Waals surface area contributed by atoms with Gasteiger partial charge in [0.2, 0.25) is 0 Å². The maximum absolute atomic E-state index is 11.4. The van der Waals surface area contributed by atoms with Gasteiger partial charge < -0.3 is 14.7 Å². The van der Waals surface area contributed by atoms with E-state index in [1.54, 1.807) is 6.07 Å². The first-order valence-corrected chi connectivity index (χ1v) is 6.42. The summed E-state index contributed by atoms with van der Waals surface area (Å²) in [5, 5.41) is 20.2. The molecular formula is C13H14N2O5. The van der Waals surface area contributed by atoms with Crippen LogP contribution in [0.2, 0.25) is 0 Å². The highest BCUT2D eigenvalue weighted by Gasteiger charge is 2.40. The lowest BCUT2D eigenvalue weighted by molar-refractivity contribution is -0.384. The molecule has 3 rings (SSSR count). The SMILES string of the molecule is O=C(O)[C@@H]1Cc2cc([N+](=O)[O-])ccc2N2CCOC[C@@H]12. The van der Waals surface area contributed by atoms with Gasteiger partial charge in [-0.05, 0) is 18.1 Å². The van der Waals surface area contributed by atoms with Crippen molar-refractivity contribution in [1.82, 2.24) is 0 Å². The van der Waals surface area contributed by atoms with Crippen molar-refractivity contribution in [2.45, 2.75) is 12.5 Å². The Morgan fingerprint density at radius 2 is 2.30 bits per heavy atom. The Balaban J connectivity index is 2.04. The van der Waals surface area contributed by atoms with E-state index in [1.807, 2.05) is 4.90 Å². The zero-order valence-electron chi connectivity index (χ0n) is 10.7. The lowest BCUT2D eigenvalue weighted by Gasteiger charge is -2.44. The second-order valence-electron chi connectivity index (χ2n) is 5.05. The molecule has 1 aromatic carbocycles. The number of carboxylic acids is 1. The molecule has 20 heavy (non-hydrogen) atoms. The molecule has 2 aliphatic rings. The third kappa shape index (κ3) is 2.00. The van der Waals surface area contributed by atoms with Crippen LogP contribution >= 0.6 is 0 Å². The number of benzene rings is 1. The maximum Gasteiger partial charge on any atom is 0.309 e. The van der Waals surface area contributed by atoms with Crippen molar-refractivity contribution in [2.75, 3.05) is 24.7 Å². The largest absolute Gasteiger partial charge is 0.481 e. The quantitative estimate of drug-likeness (QED) is 0.642. The van der Waals surface area contributed by atoms with Gasteiger partial charge in [0, 0.05) is 24.4 Å². The van der Waals surface area contributed by atoms with Crippen molar-refractivity contribution in [3.8, 4) is 0 Å². The highest BCUT2D eigenvalue weighted by Crippen LogP contribution is 2.37. The molecule has 106 valence electrons. The summed E-state index contributed by atoms with van der Waals surface area (Å²) in [7, 11) is 0. The molecule has 1 N–H and O–H groups in total. The number of carboxylic acid groups (broad SMARTS) is 1. The Bertz CT molecular complexity index is 574. The van der Waals surface area contributed by atoms with Crippen molar-refractivity contribution in [2.24, 2.45) is 5.92 Å². The number of rotatable bonds is 2. The summed E-state index contributed by atoms with van der Waals surface area (Å²) in [5.74, 6) is -1.48. The van der Waals surface area contributed by atoms with Crippen LogP contribution in [0.15, 0.2) is 18.2 Å². The monoisotopic (exact) mass is 278 g/mol. The maximum atomic E-state index is 11.4. The van der Waals surface area contributed by atoms with E-state index < -0.39 is 16.8 Å². The van der Waals surface area contributed by atoms with Crippen molar-refractivity contribution >= 4 is 17.3 Å². The Morgan fingerprint density at radius 3 is 3.00 bits per heavy atom. The number of nitrogens with zero attached hydrogens (tertiary/aromatic N) is 2. The number of fused-ring (bicyclic) bond motifs is 3. The van der Waals surface area contributed by atoms with Gasteiger partial charge in [0.15, 0.2) is 0 Å². The van der Waals surface area contributed by atoms with Gasteiger partial charge in [-0.2, -0.15) is 0 Å². The summed E-state index contributed by atoms with van der Waals surface area (Å²) in [6.07, 6.45) is 0.302. The van der Waals surface area contributed by atoms with Gasteiger partial charge in [-0.25, -0.2) is 0 Å². The van der Waals surface area contributed by atoms with Gasteiger partial charge in [-0.1, -0.05) is 0 Å². The summed E-state index contributed by atoms with van der Waals surface area (Å²) < 4.78 is 5.38. The van der Waals surface area contributed by atoms with Gasteiger partial charge in [-0.3, -0.25) is 14.9 Å². The van der Waals surface area contributed by atoms with E-state index in [0.29, 0.717) is 26.2 Å². The first-order valence-electron chi connectivity index (χ1n) is 6.42. The van der Waals surface area contributed by atoms with E-state index in [4.69, 9.17) is 4.74 Å². The molecule has 7 nitrogen and oxygen atoms in total. The van der Waals surface area contributed by atoms with Crippen LogP contribution in [-0.2, 0) is 16.0 Å². The normalized spacial score (nSPS) is 24.7. The van der Waals surface area contributed by atoms with Crippen LogP contribution < -0.4 is 4.90 Å². The number of nitro groups is 1. The summed E-state index contributed by atoms with van der Waals surface area (Å²) >= 11 is 0. The number of carbonyl (C=O) groups is 1. The third-order valence-corrected chi connectivity index (χ3v) is 3.97. The van der Waals surface area contributed by atoms with Crippen molar-refractivity contribution in [1.29, 1.82) is 0 Å². The predicted molar refractivity (Wildman–Crippen MR) is 69.9 cm³/mol. The summed E-state index contributed by atoms with van der Waals surface area (Å²) in [6, 6.07) is 4.46. The Kier molecular flexibility index (Phi) is 3.06. The molecule has 0 saturated carbocycles. The summed E-state index contributed by atoms with van der Waals surface area (Å²) in [6.45, 7) is 1.53. The standard InChI is InChI=1S/C13H14N2O5/c16-13(17)10-6-8-5-9(15(18)19)1-2-11(8)14-3-4-20-7-12(10)14/h1-2,5,10,12H,3-4,6-7H2,(H,16,17)/t10-,12+/m1/s1. The van der Waals surface area contributed by atoms with Gasteiger partial charge in [0.25, 0.3) is 5.69 Å². The van der Waals surface area contributed by atoms with E-state index in [0.717, 1.165) is 11.3 Å². The second-order valence-corrected chi connectivity index (χ2v) is 5.05. The molecular weight excluding hydrogens is 264 g/mol. The topological polar surface area (TPSA) is 92.9 Å². The molecule has 2 aliphatic heterocycles. The van der Waals surface area contributed by atoms with Crippen LogP contribution in [0.3, 0.4) is 0 Å². The first kappa shape index (κ1) is 12.9. The first-order chi connectivity index (χ1) is 9.58. The average molecular weight is 278 g/mol. The molecule has 0 aliphatic carbocycles. The number of anilines is 1. The number of ether oxygens (including phenoxy) is 1. The number of nitro benzene ring substituents is 1. The molecule has 0 bridgehead atoms. The van der Waals surface area contributed by atoms with Crippen LogP contribution in [0.1, 0.15) is 5.56 Å². The molecule has 1 saturated heterocycles. The molecule has 1 aromatic rings. The number of morpholine rings is 1. The van der Waals surface area contributed by atoms with Crippen LogP contribution in [0.5, 0.6) is 0 Å². The zero-order chi connectivity index (χ0) is 14.3. The van der Waals surface area contributed by atoms with Crippen LogP contribution in [-0.4, -0.2) is 41.8 Å². The number of hydrogen-bond donors (Lipinski definition) is 1. The molecule has 0 amide bonds. The van der Waals surface area contributed by atoms with Gasteiger partial charge in [0.1, 0.15) is 0 Å². The zero-order valence-corrected chi connectivity index (χ0v) is 10.7. The fraction of sp³-hybridized carbons (Fsp3) is 0.462. The molecule has 2 heterocycles. The predicted octanol–water partition coefficient (Wildman–Crippen LogP) is 1.06. The number of hydrogen-bond acceptors (Lipinski definition) is 5. The van der Waals surface area contributed by atoms with E-state index in [-0.39, 0.29) is 11.7 Å². The van der Waals surface area contributed by atoms with Crippen molar-refractivity contribution < 1.29 is 19.6 Å². The molecule has 7 heteroatoms. The lowest BCUT2D eigenvalue weighted by Crippen LogP contribution is -2.54. The molecule has 0 radical (unpaired) electrons. The minimum atomic E-state index is -0.886. The van der Waals surface area contributed by atoms with E-state index in [1.165, 1.54) is 12.1 Å². The summed E-state index contributed by atoms with van der Waals surface area (Å²) in [4.78, 5) is 23.8. The van der Waals surface area contributed by atoms with E-state index >= 15 is 0 Å². The van der Waals surface area contributed by atoms with Gasteiger partial charge in [-0.15, -0.1) is 0 Å². The van der Waals surface area contributed by atoms with E-state index in [9.17, 15) is 20.0 Å². The van der Waals surface area contributed by atoms with Gasteiger partial charge >= 0.3 is 5.97 Å². The second kappa shape index (κ2) is 4.75. The van der Waals surface area contributed by atoms with Crippen LogP contribution in [0.4, 0.5) is 11.4 Å². The fourth-order valence-corrected chi connectivity index (χ4v) is 3.01. The molecule has 0 spiro atoms. The molecule has 0 aromatic heterocycles. The van der Waals surface area contributed by atoms with Crippen molar-refractivity contribution in [3.05, 3.63) is 33.9 Å². The number of aliphatic carboxylic acids is 1.